The number of ketones is 1. The fourth-order valence-corrected chi connectivity index (χ4v) is 0.696. The molecule has 0 aromatic rings. The lowest BCUT2D eigenvalue weighted by atomic mass is 9.96. The van der Waals surface area contributed by atoms with Crippen molar-refractivity contribution >= 4 is 5.78 Å². The SMILES string of the molecule is COC(C)(C)CC(=O)C(C)C. The molecular formula is C9H18O2. The third-order valence-corrected chi connectivity index (χ3v) is 1.80. The molecule has 0 aliphatic heterocycles. The normalized spacial score (nSPS) is 12.2. The Morgan fingerprint density at radius 2 is 1.91 bits per heavy atom. The molecule has 11 heavy (non-hydrogen) atoms. The van der Waals surface area contributed by atoms with E-state index in [-0.39, 0.29) is 17.3 Å². The number of hydrogen-bond acceptors (Lipinski definition) is 2. The fourth-order valence-electron chi connectivity index (χ4n) is 0.696. The lowest BCUT2D eigenvalue weighted by molar-refractivity contribution is -0.126. The van der Waals surface area contributed by atoms with Gasteiger partial charge in [-0.2, -0.15) is 0 Å². The summed E-state index contributed by atoms with van der Waals surface area (Å²) < 4.78 is 5.14. The maximum atomic E-state index is 11.2. The number of carbonyl (C=O) groups excluding carboxylic acids is 1. The third kappa shape index (κ3) is 4.14. The van der Waals surface area contributed by atoms with Gasteiger partial charge in [-0.15, -0.1) is 0 Å². The minimum Gasteiger partial charge on any atom is -0.378 e. The van der Waals surface area contributed by atoms with Gasteiger partial charge in [-0.1, -0.05) is 13.8 Å². The quantitative estimate of drug-likeness (QED) is 0.625. The molecule has 0 bridgehead atoms. The Hall–Kier alpha value is -0.370. The molecule has 0 N–H and O–H groups in total. The number of ether oxygens (including phenoxy) is 1. The van der Waals surface area contributed by atoms with E-state index in [1.54, 1.807) is 7.11 Å². The topological polar surface area (TPSA) is 26.3 Å². The van der Waals surface area contributed by atoms with Crippen molar-refractivity contribution in [3.8, 4) is 0 Å². The molecule has 0 aliphatic rings. The third-order valence-electron chi connectivity index (χ3n) is 1.80. The van der Waals surface area contributed by atoms with Crippen molar-refractivity contribution in [2.75, 3.05) is 7.11 Å². The van der Waals surface area contributed by atoms with E-state index in [4.69, 9.17) is 4.74 Å². The summed E-state index contributed by atoms with van der Waals surface area (Å²) in [5.41, 5.74) is -0.304. The zero-order valence-electron chi connectivity index (χ0n) is 8.10. The Bertz CT molecular complexity index is 136. The van der Waals surface area contributed by atoms with Crippen LogP contribution in [0, 0.1) is 5.92 Å². The van der Waals surface area contributed by atoms with E-state index >= 15 is 0 Å². The van der Waals surface area contributed by atoms with Gasteiger partial charge in [-0.05, 0) is 13.8 Å². The molecule has 0 atom stereocenters. The van der Waals surface area contributed by atoms with E-state index in [1.807, 2.05) is 27.7 Å². The Labute approximate surface area is 68.9 Å². The van der Waals surface area contributed by atoms with Crippen LogP contribution in [0.2, 0.25) is 0 Å². The van der Waals surface area contributed by atoms with Crippen LogP contribution >= 0.6 is 0 Å². The van der Waals surface area contributed by atoms with Gasteiger partial charge in [0.1, 0.15) is 5.78 Å². The maximum absolute atomic E-state index is 11.2. The van der Waals surface area contributed by atoms with Gasteiger partial charge in [0.25, 0.3) is 0 Å². The van der Waals surface area contributed by atoms with Crippen LogP contribution in [-0.2, 0) is 9.53 Å². The molecule has 0 amide bonds. The summed E-state index contributed by atoms with van der Waals surface area (Å²) in [4.78, 5) is 11.2. The Morgan fingerprint density at radius 1 is 1.45 bits per heavy atom. The van der Waals surface area contributed by atoms with Crippen LogP contribution in [0.25, 0.3) is 0 Å². The number of hydrogen-bond donors (Lipinski definition) is 0. The molecule has 0 aliphatic carbocycles. The lowest BCUT2D eigenvalue weighted by Crippen LogP contribution is -2.28. The average molecular weight is 158 g/mol. The van der Waals surface area contributed by atoms with E-state index in [1.165, 1.54) is 0 Å². The Kier molecular flexibility index (Phi) is 3.73. The minimum absolute atomic E-state index is 0.115. The van der Waals surface area contributed by atoms with Crippen molar-refractivity contribution in [3.05, 3.63) is 0 Å². The van der Waals surface area contributed by atoms with Gasteiger partial charge in [-0.3, -0.25) is 4.79 Å². The first-order valence-corrected chi connectivity index (χ1v) is 3.97. The van der Waals surface area contributed by atoms with Crippen molar-refractivity contribution in [3.63, 3.8) is 0 Å². The van der Waals surface area contributed by atoms with Crippen molar-refractivity contribution in [1.29, 1.82) is 0 Å². The highest BCUT2D eigenvalue weighted by Gasteiger charge is 2.22. The van der Waals surface area contributed by atoms with Gasteiger partial charge in [0.15, 0.2) is 0 Å². The minimum atomic E-state index is -0.304. The van der Waals surface area contributed by atoms with Crippen molar-refractivity contribution < 1.29 is 9.53 Å². The highest BCUT2D eigenvalue weighted by molar-refractivity contribution is 5.81. The largest absolute Gasteiger partial charge is 0.378 e. The van der Waals surface area contributed by atoms with Crippen LogP contribution in [0.1, 0.15) is 34.1 Å². The predicted molar refractivity (Wildman–Crippen MR) is 45.6 cm³/mol. The zero-order chi connectivity index (χ0) is 9.07. The molecule has 0 aromatic carbocycles. The van der Waals surface area contributed by atoms with Crippen molar-refractivity contribution in [2.45, 2.75) is 39.7 Å². The van der Waals surface area contributed by atoms with Gasteiger partial charge < -0.3 is 4.74 Å². The molecule has 0 saturated heterocycles. The predicted octanol–water partition coefficient (Wildman–Crippen LogP) is 2.03. The second kappa shape index (κ2) is 3.86. The molecule has 0 heterocycles. The summed E-state index contributed by atoms with van der Waals surface area (Å²) in [6.07, 6.45) is 0.501. The van der Waals surface area contributed by atoms with Gasteiger partial charge in [0.2, 0.25) is 0 Å². The standard InChI is InChI=1S/C9H18O2/c1-7(2)8(10)6-9(3,4)11-5/h7H,6H2,1-5H3. The van der Waals surface area contributed by atoms with Crippen LogP contribution in [0.3, 0.4) is 0 Å². The first-order valence-electron chi connectivity index (χ1n) is 3.97. The summed E-state index contributed by atoms with van der Waals surface area (Å²) in [6, 6.07) is 0. The fraction of sp³-hybridized carbons (Fsp3) is 0.889. The molecule has 0 fully saturated rings. The first kappa shape index (κ1) is 10.6. The second-order valence-corrected chi connectivity index (χ2v) is 3.76. The molecule has 0 aromatic heterocycles. The molecule has 2 nitrogen and oxygen atoms in total. The highest BCUT2D eigenvalue weighted by atomic mass is 16.5. The van der Waals surface area contributed by atoms with E-state index in [0.717, 1.165) is 0 Å². The first-order chi connectivity index (χ1) is 4.89. The van der Waals surface area contributed by atoms with Gasteiger partial charge in [0, 0.05) is 19.4 Å². The number of methoxy groups -OCH3 is 1. The molecule has 0 radical (unpaired) electrons. The molecule has 0 rings (SSSR count). The Balaban J connectivity index is 3.94. The smallest absolute Gasteiger partial charge is 0.138 e. The zero-order valence-corrected chi connectivity index (χ0v) is 8.10. The van der Waals surface area contributed by atoms with Crippen LogP contribution in [0.5, 0.6) is 0 Å². The maximum Gasteiger partial charge on any atom is 0.138 e. The van der Waals surface area contributed by atoms with Crippen LogP contribution in [0.15, 0.2) is 0 Å². The number of carbonyl (C=O) groups is 1. The lowest BCUT2D eigenvalue weighted by Gasteiger charge is -2.22. The summed E-state index contributed by atoms with van der Waals surface area (Å²) in [5.74, 6) is 0.376. The van der Waals surface area contributed by atoms with Gasteiger partial charge in [-0.25, -0.2) is 0 Å². The van der Waals surface area contributed by atoms with Crippen LogP contribution < -0.4 is 0 Å². The van der Waals surface area contributed by atoms with E-state index < -0.39 is 0 Å². The average Bonchev–Trinajstić information content (AvgIpc) is 1.87. The van der Waals surface area contributed by atoms with Gasteiger partial charge in [0.05, 0.1) is 5.60 Å². The summed E-state index contributed by atoms with van der Waals surface area (Å²) in [7, 11) is 1.63. The molecule has 2 heteroatoms. The Morgan fingerprint density at radius 3 is 2.18 bits per heavy atom. The van der Waals surface area contributed by atoms with Crippen LogP contribution in [0.4, 0.5) is 0 Å². The molecule has 0 unspecified atom stereocenters. The number of rotatable bonds is 4. The monoisotopic (exact) mass is 158 g/mol. The summed E-state index contributed by atoms with van der Waals surface area (Å²) >= 11 is 0. The van der Waals surface area contributed by atoms with E-state index in [9.17, 15) is 4.79 Å². The molecule has 0 spiro atoms. The van der Waals surface area contributed by atoms with Crippen molar-refractivity contribution in [2.24, 2.45) is 5.92 Å². The number of Topliss-reactive ketones (excluding diaryl/α,β-unsaturated/α-hetero) is 1. The molecular weight excluding hydrogens is 140 g/mol. The van der Waals surface area contributed by atoms with E-state index in [2.05, 4.69) is 0 Å². The summed E-state index contributed by atoms with van der Waals surface area (Å²) in [6.45, 7) is 7.67. The second-order valence-electron chi connectivity index (χ2n) is 3.76. The van der Waals surface area contributed by atoms with Crippen LogP contribution in [-0.4, -0.2) is 18.5 Å². The van der Waals surface area contributed by atoms with Crippen molar-refractivity contribution in [1.82, 2.24) is 0 Å². The molecule has 66 valence electrons. The highest BCUT2D eigenvalue weighted by Crippen LogP contribution is 2.15. The molecule has 0 saturated carbocycles. The summed E-state index contributed by atoms with van der Waals surface area (Å²) in [5, 5.41) is 0. The van der Waals surface area contributed by atoms with E-state index in [0.29, 0.717) is 6.42 Å². The van der Waals surface area contributed by atoms with Gasteiger partial charge >= 0.3 is 0 Å².